The average molecular weight is 431 g/mol. The van der Waals surface area contributed by atoms with Crippen LogP contribution in [0.4, 0.5) is 11.4 Å². The molecule has 0 atom stereocenters. The number of hydrogen-bond donors (Lipinski definition) is 2. The van der Waals surface area contributed by atoms with Crippen LogP contribution in [-0.2, 0) is 24.3 Å². The van der Waals surface area contributed by atoms with Gasteiger partial charge in [-0.15, -0.1) is 0 Å². The van der Waals surface area contributed by atoms with Gasteiger partial charge < -0.3 is 20.7 Å². The zero-order chi connectivity index (χ0) is 22.5. The number of nitrogen functional groups attached to an aromatic ring is 1. The summed E-state index contributed by atoms with van der Waals surface area (Å²) in [6.07, 6.45) is 3.45. The van der Waals surface area contributed by atoms with Crippen molar-refractivity contribution in [1.29, 1.82) is 0 Å². The molecule has 0 saturated carbocycles. The van der Waals surface area contributed by atoms with E-state index >= 15 is 0 Å². The molecule has 166 valence electrons. The summed E-state index contributed by atoms with van der Waals surface area (Å²) >= 11 is 0. The molecule has 2 aromatic carbocycles. The molecular formula is C26H30N4O2. The molecule has 4 aliphatic heterocycles. The Hall–Kier alpha value is -3.38. The maximum absolute atomic E-state index is 12.9. The van der Waals surface area contributed by atoms with E-state index in [1.807, 2.05) is 36.5 Å². The first-order valence-electron chi connectivity index (χ1n) is 11.0. The lowest BCUT2D eigenvalue weighted by Gasteiger charge is -2.18. The summed E-state index contributed by atoms with van der Waals surface area (Å²) in [5, 5.41) is 3.43. The van der Waals surface area contributed by atoms with Gasteiger partial charge in [-0.3, -0.25) is 9.78 Å². The van der Waals surface area contributed by atoms with Gasteiger partial charge in [0.25, 0.3) is 5.91 Å². The molecule has 0 unspecified atom stereocenters. The van der Waals surface area contributed by atoms with Crippen molar-refractivity contribution < 1.29 is 9.53 Å². The number of hydrogen-bond acceptors (Lipinski definition) is 5. The maximum Gasteiger partial charge on any atom is 0.253 e. The number of ether oxygens (including phenoxy) is 1. The Bertz CT molecular complexity index is 1100. The Balaban J connectivity index is 1.61. The van der Waals surface area contributed by atoms with E-state index in [4.69, 9.17) is 10.5 Å². The maximum atomic E-state index is 12.9. The summed E-state index contributed by atoms with van der Waals surface area (Å²) in [6, 6.07) is 15.9. The van der Waals surface area contributed by atoms with Crippen LogP contribution in [-0.4, -0.2) is 36.0 Å². The summed E-state index contributed by atoms with van der Waals surface area (Å²) in [6.45, 7) is 4.47. The largest absolute Gasteiger partial charge is 0.397 e. The summed E-state index contributed by atoms with van der Waals surface area (Å²) < 4.78 is 5.79. The molecule has 6 heteroatoms. The van der Waals surface area contributed by atoms with Crippen LogP contribution >= 0.6 is 0 Å². The number of rotatable bonds is 0. The Morgan fingerprint density at radius 3 is 2.72 bits per heavy atom. The second-order valence-corrected chi connectivity index (χ2v) is 8.33. The van der Waals surface area contributed by atoms with Crippen LogP contribution in [0.1, 0.15) is 44.7 Å². The number of carbonyl (C=O) groups is 1. The highest BCUT2D eigenvalue weighted by Crippen LogP contribution is 2.27. The predicted molar refractivity (Wildman–Crippen MR) is 128 cm³/mol. The van der Waals surface area contributed by atoms with Crippen molar-refractivity contribution in [3.8, 4) is 0 Å². The monoisotopic (exact) mass is 430 g/mol. The highest BCUT2D eigenvalue weighted by molar-refractivity contribution is 5.94. The minimum atomic E-state index is -0.0270. The molecule has 0 spiro atoms. The fourth-order valence-corrected chi connectivity index (χ4v) is 3.93. The van der Waals surface area contributed by atoms with Gasteiger partial charge in [0.1, 0.15) is 0 Å². The second kappa shape index (κ2) is 9.83. The van der Waals surface area contributed by atoms with E-state index in [0.29, 0.717) is 25.3 Å². The summed E-state index contributed by atoms with van der Waals surface area (Å²) in [7, 11) is 1.81. The third-order valence-electron chi connectivity index (χ3n) is 5.90. The lowest BCUT2D eigenvalue weighted by Crippen LogP contribution is -2.26. The van der Waals surface area contributed by atoms with Crippen molar-refractivity contribution >= 4 is 17.3 Å². The fraction of sp³-hybridized carbons (Fsp3) is 0.308. The molecule has 1 amide bonds. The molecular weight excluding hydrogens is 400 g/mol. The van der Waals surface area contributed by atoms with E-state index < -0.39 is 0 Å². The molecule has 3 N–H and O–H groups in total. The number of benzene rings is 2. The highest BCUT2D eigenvalue weighted by atomic mass is 16.5. The molecule has 4 aliphatic rings. The van der Waals surface area contributed by atoms with Crippen LogP contribution in [0.3, 0.4) is 0 Å². The Morgan fingerprint density at radius 1 is 1.09 bits per heavy atom. The van der Waals surface area contributed by atoms with Gasteiger partial charge in [-0.2, -0.15) is 0 Å². The minimum Gasteiger partial charge on any atom is -0.397 e. The molecule has 1 aromatic heterocycles. The Morgan fingerprint density at radius 2 is 1.91 bits per heavy atom. The van der Waals surface area contributed by atoms with E-state index in [1.54, 1.807) is 11.9 Å². The molecule has 7 rings (SSSR count). The van der Waals surface area contributed by atoms with Gasteiger partial charge in [-0.25, -0.2) is 0 Å². The van der Waals surface area contributed by atoms with E-state index in [0.717, 1.165) is 53.1 Å². The number of nitrogens with two attached hydrogens (primary N) is 1. The first kappa shape index (κ1) is 21.8. The smallest absolute Gasteiger partial charge is 0.253 e. The van der Waals surface area contributed by atoms with Crippen molar-refractivity contribution in [2.24, 2.45) is 0 Å². The predicted octanol–water partition coefficient (Wildman–Crippen LogP) is 4.17. The van der Waals surface area contributed by atoms with Crippen molar-refractivity contribution in [1.82, 2.24) is 9.88 Å². The highest BCUT2D eigenvalue weighted by Gasteiger charge is 2.14. The van der Waals surface area contributed by atoms with Crippen LogP contribution in [0.25, 0.3) is 0 Å². The Kier molecular flexibility index (Phi) is 6.71. The number of nitrogens with one attached hydrogen (secondary N) is 1. The number of pyridine rings is 1. The second-order valence-electron chi connectivity index (χ2n) is 8.33. The van der Waals surface area contributed by atoms with Gasteiger partial charge in [-0.1, -0.05) is 18.2 Å². The lowest BCUT2D eigenvalue weighted by atomic mass is 9.98. The average Bonchev–Trinajstić information content (AvgIpc) is 2.80. The van der Waals surface area contributed by atoms with Gasteiger partial charge in [0, 0.05) is 32.0 Å². The van der Waals surface area contributed by atoms with Crippen molar-refractivity contribution in [3.05, 3.63) is 88.2 Å². The number of carbonyl (C=O) groups excluding carboxylic acids is 1. The van der Waals surface area contributed by atoms with Crippen LogP contribution in [0, 0.1) is 6.92 Å². The van der Waals surface area contributed by atoms with E-state index in [9.17, 15) is 4.79 Å². The normalized spacial score (nSPS) is 15.3. The standard InChI is InChI=1S/C26H30N4O2/c1-18-22-8-9-24(25(18)27)29-11-3-13-32-17-19-4-6-21(7-5-19)26(31)30(2)16-23-15-20(14-22)10-12-28-23/h4-10,12,15,29H,3,11,13-14,16-17,27H2,1-2H3. The van der Waals surface area contributed by atoms with Crippen molar-refractivity contribution in [2.75, 3.05) is 31.2 Å². The molecule has 6 bridgehead atoms. The van der Waals surface area contributed by atoms with Crippen molar-refractivity contribution in [3.63, 3.8) is 0 Å². The summed E-state index contributed by atoms with van der Waals surface area (Å²) in [4.78, 5) is 19.0. The molecule has 32 heavy (non-hydrogen) atoms. The number of anilines is 2. The van der Waals surface area contributed by atoms with Gasteiger partial charge in [0.15, 0.2) is 0 Å². The number of nitrogens with zero attached hydrogens (tertiary/aromatic N) is 2. The number of aromatic nitrogens is 1. The third kappa shape index (κ3) is 5.08. The fourth-order valence-electron chi connectivity index (χ4n) is 3.93. The van der Waals surface area contributed by atoms with Crippen LogP contribution < -0.4 is 11.1 Å². The molecule has 0 aliphatic carbocycles. The van der Waals surface area contributed by atoms with E-state index in [1.165, 1.54) is 5.56 Å². The van der Waals surface area contributed by atoms with Crippen LogP contribution in [0.5, 0.6) is 0 Å². The topological polar surface area (TPSA) is 80.5 Å². The third-order valence-corrected chi connectivity index (χ3v) is 5.90. The van der Waals surface area contributed by atoms with Gasteiger partial charge in [-0.05, 0) is 72.4 Å². The lowest BCUT2D eigenvalue weighted by molar-refractivity contribution is 0.0783. The molecule has 3 aromatic rings. The van der Waals surface area contributed by atoms with Crippen LogP contribution in [0.2, 0.25) is 0 Å². The van der Waals surface area contributed by atoms with Crippen LogP contribution in [0.15, 0.2) is 54.7 Å². The summed E-state index contributed by atoms with van der Waals surface area (Å²) in [5.74, 6) is -0.0270. The van der Waals surface area contributed by atoms with Gasteiger partial charge in [0.2, 0.25) is 0 Å². The SMILES string of the molecule is Cc1c2ccc(c1N)NCCCOCc1ccc(cc1)C(=O)N(C)Cc1cc(ccn1)C2. The van der Waals surface area contributed by atoms with Gasteiger partial charge >= 0.3 is 0 Å². The Labute approximate surface area is 189 Å². The minimum absolute atomic E-state index is 0.0270. The first-order valence-corrected chi connectivity index (χ1v) is 11.0. The van der Waals surface area contributed by atoms with Crippen molar-refractivity contribution in [2.45, 2.75) is 32.9 Å². The molecule has 0 saturated heterocycles. The molecule has 0 fully saturated rings. The van der Waals surface area contributed by atoms with E-state index in [-0.39, 0.29) is 5.91 Å². The number of amides is 1. The molecule has 0 radical (unpaired) electrons. The zero-order valence-electron chi connectivity index (χ0n) is 18.7. The molecule has 5 heterocycles. The quantitative estimate of drug-likeness (QED) is 0.523. The van der Waals surface area contributed by atoms with E-state index in [2.05, 4.69) is 35.4 Å². The zero-order valence-corrected chi connectivity index (χ0v) is 18.7. The first-order chi connectivity index (χ1) is 15.5. The molecule has 6 nitrogen and oxygen atoms in total. The summed E-state index contributed by atoms with van der Waals surface area (Å²) in [5.41, 5.74) is 14.2. The van der Waals surface area contributed by atoms with Gasteiger partial charge in [0.05, 0.1) is 30.2 Å².